The van der Waals surface area contributed by atoms with Gasteiger partial charge in [0.05, 0.1) is 6.10 Å². The molecular weight excluding hydrogens is 243 g/mol. The van der Waals surface area contributed by atoms with Crippen LogP contribution in [-0.4, -0.2) is 49.3 Å². The minimum Gasteiger partial charge on any atom is -0.390 e. The number of aliphatic hydroxyl groups excluding tert-OH is 1. The summed E-state index contributed by atoms with van der Waals surface area (Å²) in [6.45, 7) is 3.27. The van der Waals surface area contributed by atoms with E-state index in [4.69, 9.17) is 0 Å². The van der Waals surface area contributed by atoms with E-state index in [0.717, 1.165) is 12.0 Å². The van der Waals surface area contributed by atoms with Crippen molar-refractivity contribution in [1.82, 2.24) is 10.2 Å². The van der Waals surface area contributed by atoms with Gasteiger partial charge in [-0.1, -0.05) is 18.2 Å². The predicted octanol–water partition coefficient (Wildman–Crippen LogP) is 1.66. The molecule has 108 valence electrons. The average Bonchev–Trinajstić information content (AvgIpc) is 2.34. The van der Waals surface area contributed by atoms with Crippen molar-refractivity contribution in [2.45, 2.75) is 31.9 Å². The molecule has 0 bridgehead atoms. The molecule has 0 aliphatic rings. The Morgan fingerprint density at radius 1 is 1.32 bits per heavy atom. The van der Waals surface area contributed by atoms with Crippen LogP contribution in [0.3, 0.4) is 0 Å². The van der Waals surface area contributed by atoms with Gasteiger partial charge in [-0.2, -0.15) is 0 Å². The molecule has 19 heavy (non-hydrogen) atoms. The number of likely N-dealkylation sites (N-methyl/N-ethyl adjacent to an activating group) is 1. The zero-order valence-electron chi connectivity index (χ0n) is 12.1. The van der Waals surface area contributed by atoms with Crippen molar-refractivity contribution in [3.63, 3.8) is 0 Å². The fourth-order valence-corrected chi connectivity index (χ4v) is 2.00. The van der Waals surface area contributed by atoms with Crippen LogP contribution in [-0.2, 0) is 6.42 Å². The van der Waals surface area contributed by atoms with E-state index >= 15 is 0 Å². The van der Waals surface area contributed by atoms with E-state index in [1.807, 2.05) is 31.1 Å². The molecule has 2 atom stereocenters. The minimum absolute atomic E-state index is 0.137. The largest absolute Gasteiger partial charge is 0.390 e. The summed E-state index contributed by atoms with van der Waals surface area (Å²) in [7, 11) is 3.87. The van der Waals surface area contributed by atoms with E-state index in [1.54, 1.807) is 6.07 Å². The molecule has 2 unspecified atom stereocenters. The molecule has 0 heterocycles. The van der Waals surface area contributed by atoms with E-state index in [1.165, 1.54) is 6.07 Å². The number of nitrogens with one attached hydrogen (secondary N) is 1. The average molecular weight is 268 g/mol. The molecule has 2 N–H and O–H groups in total. The summed E-state index contributed by atoms with van der Waals surface area (Å²) in [4.78, 5) is 1.95. The second-order valence-electron chi connectivity index (χ2n) is 5.36. The molecule has 4 heteroatoms. The van der Waals surface area contributed by atoms with E-state index in [9.17, 15) is 9.50 Å². The number of hydrogen-bond acceptors (Lipinski definition) is 3. The highest BCUT2D eigenvalue weighted by Crippen LogP contribution is 2.10. The van der Waals surface area contributed by atoms with Crippen molar-refractivity contribution in [3.8, 4) is 0 Å². The minimum atomic E-state index is -0.370. The van der Waals surface area contributed by atoms with Crippen LogP contribution >= 0.6 is 0 Å². The van der Waals surface area contributed by atoms with Crippen molar-refractivity contribution < 1.29 is 9.50 Å². The van der Waals surface area contributed by atoms with Crippen LogP contribution in [0.25, 0.3) is 0 Å². The van der Waals surface area contributed by atoms with Crippen molar-refractivity contribution >= 4 is 0 Å². The summed E-state index contributed by atoms with van der Waals surface area (Å²) in [6, 6.07) is 7.14. The Balaban J connectivity index is 2.25. The molecule has 0 saturated heterocycles. The lowest BCUT2D eigenvalue weighted by Gasteiger charge is -2.19. The van der Waals surface area contributed by atoms with Gasteiger partial charge in [0.2, 0.25) is 0 Å². The number of halogens is 1. The SMILES string of the molecule is CC(CCc1ccccc1F)NCC(O)CN(C)C. The quantitative estimate of drug-likeness (QED) is 0.752. The third-order valence-electron chi connectivity index (χ3n) is 3.08. The van der Waals surface area contributed by atoms with Gasteiger partial charge in [-0.3, -0.25) is 0 Å². The molecule has 0 radical (unpaired) electrons. The van der Waals surface area contributed by atoms with Gasteiger partial charge in [0.1, 0.15) is 5.82 Å². The fraction of sp³-hybridized carbons (Fsp3) is 0.600. The summed E-state index contributed by atoms with van der Waals surface area (Å²) >= 11 is 0. The molecule has 0 aliphatic heterocycles. The maximum atomic E-state index is 13.4. The number of hydrogen-bond donors (Lipinski definition) is 2. The lowest BCUT2D eigenvalue weighted by molar-refractivity contribution is 0.131. The Labute approximate surface area is 115 Å². The molecule has 1 aromatic rings. The normalized spacial score (nSPS) is 14.6. The summed E-state index contributed by atoms with van der Waals surface area (Å²) in [5, 5.41) is 13.0. The topological polar surface area (TPSA) is 35.5 Å². The van der Waals surface area contributed by atoms with Crippen molar-refractivity contribution in [2.24, 2.45) is 0 Å². The molecule has 0 aromatic heterocycles. The second kappa shape index (κ2) is 8.25. The van der Waals surface area contributed by atoms with Gasteiger partial charge in [-0.05, 0) is 45.5 Å². The number of nitrogens with zero attached hydrogens (tertiary/aromatic N) is 1. The third kappa shape index (κ3) is 6.66. The summed E-state index contributed by atoms with van der Waals surface area (Å²) in [5.74, 6) is -0.137. The molecule has 3 nitrogen and oxygen atoms in total. The number of rotatable bonds is 8. The van der Waals surface area contributed by atoms with E-state index in [-0.39, 0.29) is 18.0 Å². The summed E-state index contributed by atoms with van der Waals surface area (Å²) in [6.07, 6.45) is 1.20. The van der Waals surface area contributed by atoms with Crippen molar-refractivity contribution in [1.29, 1.82) is 0 Å². The number of aryl methyl sites for hydroxylation is 1. The van der Waals surface area contributed by atoms with Crippen LogP contribution in [0, 0.1) is 5.82 Å². The van der Waals surface area contributed by atoms with Gasteiger partial charge in [0, 0.05) is 19.1 Å². The van der Waals surface area contributed by atoms with Gasteiger partial charge >= 0.3 is 0 Å². The first-order valence-corrected chi connectivity index (χ1v) is 6.78. The van der Waals surface area contributed by atoms with Crippen LogP contribution in [0.2, 0.25) is 0 Å². The molecule has 0 aliphatic carbocycles. The van der Waals surface area contributed by atoms with Crippen LogP contribution in [0.1, 0.15) is 18.9 Å². The van der Waals surface area contributed by atoms with Crippen LogP contribution in [0.5, 0.6) is 0 Å². The highest BCUT2D eigenvalue weighted by Gasteiger charge is 2.09. The van der Waals surface area contributed by atoms with Crippen LogP contribution in [0.4, 0.5) is 4.39 Å². The Hall–Kier alpha value is -0.970. The lowest BCUT2D eigenvalue weighted by Crippen LogP contribution is -2.38. The highest BCUT2D eigenvalue weighted by atomic mass is 19.1. The summed E-state index contributed by atoms with van der Waals surface area (Å²) in [5.41, 5.74) is 0.755. The van der Waals surface area contributed by atoms with Gasteiger partial charge in [0.15, 0.2) is 0 Å². The first kappa shape index (κ1) is 16.1. The first-order chi connectivity index (χ1) is 8.99. The molecule has 0 fully saturated rings. The smallest absolute Gasteiger partial charge is 0.126 e. The first-order valence-electron chi connectivity index (χ1n) is 6.78. The van der Waals surface area contributed by atoms with E-state index in [0.29, 0.717) is 19.5 Å². The standard InChI is InChI=1S/C15H25FN2O/c1-12(17-10-14(19)11-18(2)3)8-9-13-6-4-5-7-15(13)16/h4-7,12,14,17,19H,8-11H2,1-3H3. The van der Waals surface area contributed by atoms with Crippen LogP contribution < -0.4 is 5.32 Å². The van der Waals surface area contributed by atoms with Gasteiger partial charge < -0.3 is 15.3 Å². The third-order valence-corrected chi connectivity index (χ3v) is 3.08. The Bertz CT molecular complexity index is 371. The molecule has 0 amide bonds. The Kier molecular flexibility index (Phi) is 6.99. The maximum Gasteiger partial charge on any atom is 0.126 e. The molecule has 0 saturated carbocycles. The summed E-state index contributed by atoms with van der Waals surface area (Å²) < 4.78 is 13.4. The number of benzene rings is 1. The van der Waals surface area contributed by atoms with E-state index < -0.39 is 0 Å². The Morgan fingerprint density at radius 3 is 2.63 bits per heavy atom. The molecule has 1 rings (SSSR count). The van der Waals surface area contributed by atoms with Gasteiger partial charge in [-0.15, -0.1) is 0 Å². The lowest BCUT2D eigenvalue weighted by atomic mass is 10.1. The Morgan fingerprint density at radius 2 is 2.00 bits per heavy atom. The fourth-order valence-electron chi connectivity index (χ4n) is 2.00. The predicted molar refractivity (Wildman–Crippen MR) is 76.7 cm³/mol. The monoisotopic (exact) mass is 268 g/mol. The second-order valence-corrected chi connectivity index (χ2v) is 5.36. The zero-order valence-corrected chi connectivity index (χ0v) is 12.1. The zero-order chi connectivity index (χ0) is 14.3. The molecular formula is C15H25FN2O. The van der Waals surface area contributed by atoms with Crippen molar-refractivity contribution in [2.75, 3.05) is 27.2 Å². The molecule has 1 aromatic carbocycles. The number of aliphatic hydroxyl groups is 1. The van der Waals surface area contributed by atoms with E-state index in [2.05, 4.69) is 12.2 Å². The van der Waals surface area contributed by atoms with Crippen molar-refractivity contribution in [3.05, 3.63) is 35.6 Å². The highest BCUT2D eigenvalue weighted by molar-refractivity contribution is 5.17. The van der Waals surface area contributed by atoms with Gasteiger partial charge in [-0.25, -0.2) is 4.39 Å². The van der Waals surface area contributed by atoms with Gasteiger partial charge in [0.25, 0.3) is 0 Å². The molecule has 0 spiro atoms. The van der Waals surface area contributed by atoms with Crippen LogP contribution in [0.15, 0.2) is 24.3 Å². The maximum absolute atomic E-state index is 13.4.